The van der Waals surface area contributed by atoms with E-state index in [1.165, 1.54) is 6.20 Å². The summed E-state index contributed by atoms with van der Waals surface area (Å²) in [5, 5.41) is 17.9. The Morgan fingerprint density at radius 2 is 1.97 bits per heavy atom. The van der Waals surface area contributed by atoms with Gasteiger partial charge in [0, 0.05) is 38.8 Å². The molecule has 0 aliphatic carbocycles. The number of aliphatic hydroxyl groups is 1. The Morgan fingerprint density at radius 1 is 1.23 bits per heavy atom. The van der Waals surface area contributed by atoms with Gasteiger partial charge >= 0.3 is 0 Å². The minimum atomic E-state index is -0.186. The molecule has 0 spiro atoms. The van der Waals surface area contributed by atoms with E-state index < -0.39 is 0 Å². The smallest absolute Gasteiger partial charge is 0.227 e. The van der Waals surface area contributed by atoms with Gasteiger partial charge in [-0.05, 0) is 33.7 Å². The number of halogens is 1. The zero-order chi connectivity index (χ0) is 21.7. The Balaban J connectivity index is 0.000000310. The van der Waals surface area contributed by atoms with Crippen LogP contribution in [0.4, 0.5) is 11.9 Å². The quantitative estimate of drug-likeness (QED) is 0.733. The first-order valence-corrected chi connectivity index (χ1v) is 10.7. The molecule has 2 aliphatic rings. The summed E-state index contributed by atoms with van der Waals surface area (Å²) in [7, 11) is 2.12. The number of likely N-dealkylation sites (N-methyl/N-ethyl adjacent to an activating group) is 1. The molecule has 1 unspecified atom stereocenters. The van der Waals surface area contributed by atoms with E-state index in [-0.39, 0.29) is 18.1 Å². The van der Waals surface area contributed by atoms with Crippen LogP contribution < -0.4 is 10.6 Å². The number of rotatable bonds is 3. The van der Waals surface area contributed by atoms with E-state index in [1.54, 1.807) is 0 Å². The second-order valence-electron chi connectivity index (χ2n) is 7.87. The number of anilines is 2. The van der Waals surface area contributed by atoms with Crippen molar-refractivity contribution in [3.8, 4) is 11.5 Å². The number of nitrogens with zero attached hydrogens (tertiary/aromatic N) is 7. The summed E-state index contributed by atoms with van der Waals surface area (Å²) in [4.78, 5) is 12.7. The molecule has 0 radical (unpaired) electrons. The summed E-state index contributed by atoms with van der Waals surface area (Å²) in [5.74, 6) is 1.63. The number of aliphatic hydroxyl groups excluding tert-OH is 1. The van der Waals surface area contributed by atoms with Gasteiger partial charge < -0.3 is 25.4 Å². The Bertz CT molecular complexity index is 817. The third kappa shape index (κ3) is 5.57. The van der Waals surface area contributed by atoms with E-state index in [4.69, 9.17) is 27.2 Å². The van der Waals surface area contributed by atoms with Crippen molar-refractivity contribution in [2.75, 3.05) is 57.1 Å². The molecule has 30 heavy (non-hydrogen) atoms. The van der Waals surface area contributed by atoms with Crippen molar-refractivity contribution in [1.29, 1.82) is 0 Å². The Labute approximate surface area is 182 Å². The first-order valence-electron chi connectivity index (χ1n) is 10.3. The Hall–Kier alpha value is -2.01. The highest BCUT2D eigenvalue weighted by atomic mass is 35.5. The van der Waals surface area contributed by atoms with Gasteiger partial charge in [0.25, 0.3) is 0 Å². The van der Waals surface area contributed by atoms with Crippen molar-refractivity contribution in [2.45, 2.75) is 38.8 Å². The van der Waals surface area contributed by atoms with Gasteiger partial charge in [0.1, 0.15) is 5.69 Å². The van der Waals surface area contributed by atoms with Gasteiger partial charge in [0.2, 0.25) is 11.9 Å². The van der Waals surface area contributed by atoms with Crippen LogP contribution in [0.1, 0.15) is 32.7 Å². The SMILES string of the molecule is CC(C)n1c(-c2nc(N)ncc2Cl)nnc1N1CCN(C)CC1.OC1CCCOC1. The predicted molar refractivity (Wildman–Crippen MR) is 117 cm³/mol. The highest BCUT2D eigenvalue weighted by Gasteiger charge is 2.25. The normalized spacial score (nSPS) is 20.2. The summed E-state index contributed by atoms with van der Waals surface area (Å²) < 4.78 is 6.99. The molecule has 4 rings (SSSR count). The molecule has 0 amide bonds. The fourth-order valence-electron chi connectivity index (χ4n) is 3.40. The van der Waals surface area contributed by atoms with Crippen LogP contribution in [-0.2, 0) is 4.74 Å². The number of hydrogen-bond donors (Lipinski definition) is 2. The third-order valence-electron chi connectivity index (χ3n) is 5.09. The summed E-state index contributed by atoms with van der Waals surface area (Å²) in [6.07, 6.45) is 3.24. The molecule has 166 valence electrons. The van der Waals surface area contributed by atoms with Crippen LogP contribution in [-0.4, -0.2) is 87.3 Å². The fourth-order valence-corrected chi connectivity index (χ4v) is 3.58. The van der Waals surface area contributed by atoms with Gasteiger partial charge in [-0.25, -0.2) is 9.97 Å². The van der Waals surface area contributed by atoms with Crippen LogP contribution in [0, 0.1) is 0 Å². The molecule has 0 saturated carbocycles. The van der Waals surface area contributed by atoms with Crippen LogP contribution >= 0.6 is 11.6 Å². The average molecular weight is 439 g/mol. The number of aromatic nitrogens is 5. The molecule has 2 aromatic rings. The lowest BCUT2D eigenvalue weighted by Crippen LogP contribution is -2.45. The van der Waals surface area contributed by atoms with Gasteiger partial charge in [0.15, 0.2) is 5.82 Å². The lowest BCUT2D eigenvalue weighted by molar-refractivity contribution is -0.00535. The maximum Gasteiger partial charge on any atom is 0.227 e. The molecule has 10 nitrogen and oxygen atoms in total. The minimum absolute atomic E-state index is 0.168. The first-order chi connectivity index (χ1) is 14.4. The van der Waals surface area contributed by atoms with E-state index >= 15 is 0 Å². The average Bonchev–Trinajstić information content (AvgIpc) is 3.17. The van der Waals surface area contributed by atoms with Crippen molar-refractivity contribution < 1.29 is 9.84 Å². The molecule has 2 fully saturated rings. The molecule has 1 atom stereocenters. The van der Waals surface area contributed by atoms with Gasteiger partial charge in [-0.1, -0.05) is 11.6 Å². The topological polar surface area (TPSA) is 118 Å². The predicted octanol–water partition coefficient (Wildman–Crippen LogP) is 1.46. The largest absolute Gasteiger partial charge is 0.391 e. The van der Waals surface area contributed by atoms with Gasteiger partial charge in [-0.3, -0.25) is 4.57 Å². The van der Waals surface area contributed by atoms with Crippen molar-refractivity contribution in [3.63, 3.8) is 0 Å². The summed E-state index contributed by atoms with van der Waals surface area (Å²) in [6.45, 7) is 9.39. The highest BCUT2D eigenvalue weighted by Crippen LogP contribution is 2.30. The van der Waals surface area contributed by atoms with Crippen LogP contribution in [0.25, 0.3) is 11.5 Å². The molecule has 0 aromatic carbocycles. The van der Waals surface area contributed by atoms with Crippen molar-refractivity contribution in [1.82, 2.24) is 29.6 Å². The fraction of sp³-hybridized carbons (Fsp3) is 0.684. The Kier molecular flexibility index (Phi) is 7.81. The van der Waals surface area contributed by atoms with E-state index in [0.29, 0.717) is 23.1 Å². The lowest BCUT2D eigenvalue weighted by Gasteiger charge is -2.33. The first kappa shape index (κ1) is 22.7. The molecule has 2 saturated heterocycles. The third-order valence-corrected chi connectivity index (χ3v) is 5.37. The summed E-state index contributed by atoms with van der Waals surface area (Å²) >= 11 is 6.24. The van der Waals surface area contributed by atoms with Gasteiger partial charge in [0.05, 0.1) is 23.9 Å². The second kappa shape index (κ2) is 10.3. The zero-order valence-corrected chi connectivity index (χ0v) is 18.6. The minimum Gasteiger partial charge on any atom is -0.391 e. The molecular weight excluding hydrogens is 408 g/mol. The molecule has 11 heteroatoms. The van der Waals surface area contributed by atoms with Crippen molar-refractivity contribution >= 4 is 23.5 Å². The number of nitrogens with two attached hydrogens (primary N) is 1. The molecule has 2 aliphatic heterocycles. The van der Waals surface area contributed by atoms with Crippen LogP contribution in [0.3, 0.4) is 0 Å². The molecule has 4 heterocycles. The van der Waals surface area contributed by atoms with E-state index in [9.17, 15) is 0 Å². The summed E-state index contributed by atoms with van der Waals surface area (Å²) in [5.41, 5.74) is 6.22. The van der Waals surface area contributed by atoms with E-state index in [0.717, 1.165) is 51.6 Å². The maximum atomic E-state index is 8.78. The second-order valence-corrected chi connectivity index (χ2v) is 8.28. The highest BCUT2D eigenvalue weighted by molar-refractivity contribution is 6.32. The number of hydrogen-bond acceptors (Lipinski definition) is 9. The standard InChI is InChI=1S/C14H21ClN8.C5H10O2/c1-9(2)23-12(11-10(15)8-17-13(16)18-11)19-20-14(23)22-6-4-21(3)5-7-22;6-5-2-1-3-7-4-5/h8-9H,4-7H2,1-3H3,(H2,16,17,18);5-6H,1-4H2. The van der Waals surface area contributed by atoms with E-state index in [1.807, 2.05) is 0 Å². The number of ether oxygens (including phenoxy) is 1. The van der Waals surface area contributed by atoms with Gasteiger partial charge in [-0.15, -0.1) is 10.2 Å². The van der Waals surface area contributed by atoms with Crippen LogP contribution in [0.2, 0.25) is 5.02 Å². The number of piperazine rings is 1. The maximum absolute atomic E-state index is 8.78. The summed E-state index contributed by atoms with van der Waals surface area (Å²) in [6, 6.07) is 0.168. The number of nitrogen functional groups attached to an aromatic ring is 1. The Morgan fingerprint density at radius 3 is 2.53 bits per heavy atom. The van der Waals surface area contributed by atoms with Crippen LogP contribution in [0.5, 0.6) is 0 Å². The molecule has 2 aromatic heterocycles. The monoisotopic (exact) mass is 438 g/mol. The lowest BCUT2D eigenvalue weighted by atomic mass is 10.2. The van der Waals surface area contributed by atoms with Gasteiger partial charge in [-0.2, -0.15) is 0 Å². The van der Waals surface area contributed by atoms with Crippen LogP contribution in [0.15, 0.2) is 6.20 Å². The molecular formula is C19H31ClN8O2. The molecule has 0 bridgehead atoms. The van der Waals surface area contributed by atoms with Crippen molar-refractivity contribution in [2.24, 2.45) is 0 Å². The van der Waals surface area contributed by atoms with Crippen molar-refractivity contribution in [3.05, 3.63) is 11.2 Å². The molecule has 3 N–H and O–H groups in total. The zero-order valence-electron chi connectivity index (χ0n) is 17.8. The van der Waals surface area contributed by atoms with E-state index in [2.05, 4.69) is 55.4 Å².